The van der Waals surface area contributed by atoms with E-state index in [4.69, 9.17) is 9.47 Å². The van der Waals surface area contributed by atoms with E-state index in [0.717, 1.165) is 30.2 Å². The highest BCUT2D eigenvalue weighted by Crippen LogP contribution is 2.38. The van der Waals surface area contributed by atoms with E-state index in [0.29, 0.717) is 17.1 Å². The number of nitrogens with one attached hydrogen (secondary N) is 2. The van der Waals surface area contributed by atoms with Crippen LogP contribution in [0.1, 0.15) is 53.3 Å². The van der Waals surface area contributed by atoms with Crippen molar-refractivity contribution in [2.45, 2.75) is 38.2 Å². The third-order valence-electron chi connectivity index (χ3n) is 5.52. The zero-order valence-electron chi connectivity index (χ0n) is 17.8. The van der Waals surface area contributed by atoms with Crippen molar-refractivity contribution in [1.82, 2.24) is 10.2 Å². The first-order valence-corrected chi connectivity index (χ1v) is 10.1. The Bertz CT molecular complexity index is 1170. The van der Waals surface area contributed by atoms with E-state index < -0.39 is 17.9 Å². The highest BCUT2D eigenvalue weighted by molar-refractivity contribution is 5.94. The Morgan fingerprint density at radius 2 is 2.00 bits per heavy atom. The summed E-state index contributed by atoms with van der Waals surface area (Å²) in [7, 11) is 1.46. The van der Waals surface area contributed by atoms with Gasteiger partial charge in [0.05, 0.1) is 18.9 Å². The molecule has 0 saturated heterocycles. The first-order chi connectivity index (χ1) is 15.7. The molecule has 2 aromatic carbocycles. The first kappa shape index (κ1) is 22.6. The topological polar surface area (TPSA) is 76.2 Å². The molecule has 1 aromatic heterocycles. The number of H-pyrrole nitrogens is 1. The summed E-state index contributed by atoms with van der Waals surface area (Å²) >= 11 is 0. The number of methoxy groups -OCH3 is 1. The summed E-state index contributed by atoms with van der Waals surface area (Å²) in [6.07, 6.45) is -4.32. The van der Waals surface area contributed by atoms with Crippen LogP contribution in [0.5, 0.6) is 11.5 Å². The fourth-order valence-corrected chi connectivity index (χ4v) is 3.80. The molecule has 2 unspecified atom stereocenters. The van der Waals surface area contributed by atoms with Crippen LogP contribution in [0, 0.1) is 0 Å². The van der Waals surface area contributed by atoms with Crippen molar-refractivity contribution in [3.05, 3.63) is 70.4 Å². The Labute approximate surface area is 186 Å². The molecular weight excluding hydrogens is 442 g/mol. The van der Waals surface area contributed by atoms with E-state index in [1.807, 2.05) is 6.07 Å². The molecule has 0 aliphatic carbocycles. The molecule has 4 rings (SSSR count). The smallest absolute Gasteiger partial charge is 0.416 e. The van der Waals surface area contributed by atoms with Gasteiger partial charge in [0.2, 0.25) is 5.91 Å². The van der Waals surface area contributed by atoms with E-state index >= 15 is 0 Å². The Kier molecular flexibility index (Phi) is 6.01. The van der Waals surface area contributed by atoms with Crippen molar-refractivity contribution in [2.75, 3.05) is 12.4 Å². The van der Waals surface area contributed by atoms with Gasteiger partial charge in [-0.25, -0.2) is 4.39 Å². The molecule has 1 aliphatic rings. The molecule has 0 bridgehead atoms. The van der Waals surface area contributed by atoms with Gasteiger partial charge in [-0.05, 0) is 42.3 Å². The second-order valence-electron chi connectivity index (χ2n) is 7.77. The number of hydrogen-bond acceptors (Lipinski definition) is 4. The lowest BCUT2D eigenvalue weighted by atomic mass is 9.87. The van der Waals surface area contributed by atoms with Crippen LogP contribution in [0.25, 0.3) is 0 Å². The lowest BCUT2D eigenvalue weighted by molar-refractivity contribution is -0.137. The van der Waals surface area contributed by atoms with Crippen LogP contribution in [0.4, 0.5) is 23.4 Å². The summed E-state index contributed by atoms with van der Waals surface area (Å²) in [5.74, 6) is 0.529. The largest absolute Gasteiger partial charge is 0.496 e. The number of hydrogen-bond donors (Lipinski definition) is 2. The van der Waals surface area contributed by atoms with Gasteiger partial charge in [0, 0.05) is 23.5 Å². The minimum Gasteiger partial charge on any atom is -0.496 e. The molecule has 10 heteroatoms. The quantitative estimate of drug-likeness (QED) is 0.472. The number of benzene rings is 2. The number of amides is 1. The lowest BCUT2D eigenvalue weighted by Gasteiger charge is -2.23. The molecule has 2 N–H and O–H groups in total. The Hall–Kier alpha value is -3.56. The highest BCUT2D eigenvalue weighted by atomic mass is 19.4. The van der Waals surface area contributed by atoms with Gasteiger partial charge in [0.1, 0.15) is 30.1 Å². The Morgan fingerprint density at radius 1 is 1.21 bits per heavy atom. The minimum atomic E-state index is -4.62. The second-order valence-corrected chi connectivity index (χ2v) is 7.77. The molecule has 3 aromatic rings. The Balaban J connectivity index is 1.58. The van der Waals surface area contributed by atoms with Crippen molar-refractivity contribution in [3.63, 3.8) is 0 Å². The van der Waals surface area contributed by atoms with Crippen molar-refractivity contribution >= 4 is 11.7 Å². The van der Waals surface area contributed by atoms with Crippen LogP contribution < -0.4 is 14.8 Å². The number of ether oxygens (including phenoxy) is 2. The van der Waals surface area contributed by atoms with Gasteiger partial charge in [-0.1, -0.05) is 12.1 Å². The summed E-state index contributed by atoms with van der Waals surface area (Å²) in [5.41, 5.74) is 1.15. The summed E-state index contributed by atoms with van der Waals surface area (Å²) in [6, 6.07) is 8.17. The van der Waals surface area contributed by atoms with E-state index in [-0.39, 0.29) is 36.2 Å². The number of alkyl halides is 4. The summed E-state index contributed by atoms with van der Waals surface area (Å²) in [4.78, 5) is 12.0. The molecule has 6 nitrogen and oxygen atoms in total. The third-order valence-corrected chi connectivity index (χ3v) is 5.52. The molecular formula is C23H21F4N3O3. The van der Waals surface area contributed by atoms with Crippen molar-refractivity contribution in [2.24, 2.45) is 0 Å². The van der Waals surface area contributed by atoms with Crippen LogP contribution in [0.15, 0.2) is 42.6 Å². The molecule has 174 valence electrons. The summed E-state index contributed by atoms with van der Waals surface area (Å²) < 4.78 is 64.3. The van der Waals surface area contributed by atoms with Gasteiger partial charge >= 0.3 is 6.18 Å². The van der Waals surface area contributed by atoms with E-state index in [2.05, 4.69) is 15.5 Å². The molecule has 2 atom stereocenters. The highest BCUT2D eigenvalue weighted by Gasteiger charge is 2.32. The minimum absolute atomic E-state index is 0.0903. The fraction of sp³-hybridized carbons (Fsp3) is 0.304. The number of aromatic nitrogens is 2. The number of fused-ring (bicyclic) bond motifs is 1. The average molecular weight is 463 g/mol. The molecule has 2 heterocycles. The maximum absolute atomic E-state index is 13.7. The number of halogens is 4. The zero-order chi connectivity index (χ0) is 23.8. The van der Waals surface area contributed by atoms with Crippen molar-refractivity contribution in [3.8, 4) is 11.5 Å². The van der Waals surface area contributed by atoms with Crippen LogP contribution in [-0.2, 0) is 17.6 Å². The second kappa shape index (κ2) is 8.76. The molecule has 0 saturated carbocycles. The summed E-state index contributed by atoms with van der Waals surface area (Å²) in [5, 5.41) is 9.47. The Morgan fingerprint density at radius 3 is 2.70 bits per heavy atom. The third kappa shape index (κ3) is 4.79. The monoisotopic (exact) mass is 463 g/mol. The normalized spacial score (nSPS) is 16.7. The molecule has 0 spiro atoms. The predicted octanol–water partition coefficient (Wildman–Crippen LogP) is 5.52. The molecule has 0 radical (unpaired) electrons. The van der Waals surface area contributed by atoms with Crippen molar-refractivity contribution < 1.29 is 31.8 Å². The van der Waals surface area contributed by atoms with Gasteiger partial charge in [0.15, 0.2) is 0 Å². The first-order valence-electron chi connectivity index (χ1n) is 10.1. The molecule has 0 fully saturated rings. The zero-order valence-corrected chi connectivity index (χ0v) is 17.8. The number of anilines is 1. The number of carbonyl (C=O) groups excluding carboxylic acids is 1. The predicted molar refractivity (Wildman–Crippen MR) is 112 cm³/mol. The number of carbonyl (C=O) groups is 1. The van der Waals surface area contributed by atoms with E-state index in [1.54, 1.807) is 18.3 Å². The van der Waals surface area contributed by atoms with Gasteiger partial charge in [-0.3, -0.25) is 9.89 Å². The van der Waals surface area contributed by atoms with Crippen LogP contribution in [0.2, 0.25) is 0 Å². The number of rotatable bonds is 6. The lowest BCUT2D eigenvalue weighted by Crippen LogP contribution is -2.23. The molecule has 33 heavy (non-hydrogen) atoms. The van der Waals surface area contributed by atoms with Crippen LogP contribution in [-0.4, -0.2) is 23.2 Å². The standard InChI is InChI=1S/C23H21F4N3O3/c1-12(24)15-5-16(23(25,26)27)8-17(6-15)33-11-14-4-3-13(7-20(14)32-2)18-9-21(31)29-22-19(18)10-28-30-22/h3-8,10,12,18H,9,11H2,1-2H3,(H2,28,29,30,31). The van der Waals surface area contributed by atoms with Crippen LogP contribution >= 0.6 is 0 Å². The SMILES string of the molecule is COc1cc(C2CC(=O)Nc3[nH]ncc32)ccc1COc1cc(C(C)F)cc(C(F)(F)F)c1. The van der Waals surface area contributed by atoms with Crippen LogP contribution in [0.3, 0.4) is 0 Å². The van der Waals surface area contributed by atoms with Gasteiger partial charge < -0.3 is 14.8 Å². The van der Waals surface area contributed by atoms with Gasteiger partial charge in [0.25, 0.3) is 0 Å². The maximum atomic E-state index is 13.7. The van der Waals surface area contributed by atoms with Gasteiger partial charge in [-0.2, -0.15) is 18.3 Å². The summed E-state index contributed by atoms with van der Waals surface area (Å²) in [6.45, 7) is 1.07. The van der Waals surface area contributed by atoms with E-state index in [9.17, 15) is 22.4 Å². The average Bonchev–Trinajstić information content (AvgIpc) is 3.24. The van der Waals surface area contributed by atoms with Gasteiger partial charge in [-0.15, -0.1) is 0 Å². The molecule has 1 amide bonds. The molecule has 1 aliphatic heterocycles. The fourth-order valence-electron chi connectivity index (χ4n) is 3.80. The maximum Gasteiger partial charge on any atom is 0.416 e. The number of aromatic amines is 1. The van der Waals surface area contributed by atoms with E-state index in [1.165, 1.54) is 13.2 Å². The number of nitrogens with zero attached hydrogens (tertiary/aromatic N) is 1. The van der Waals surface area contributed by atoms with Crippen molar-refractivity contribution in [1.29, 1.82) is 0 Å².